The molecule has 0 N–H and O–H groups in total. The number of nitrogens with zero attached hydrogens (tertiary/aromatic N) is 2. The standard InChI is InChI=1S/C40H26N2S/c1-2-15-28(16-3-1)41(35-23-12-14-27-13-4-5-17-30(27)35)38-26-29(25-34-33-20-8-11-24-39(33)43-40(34)38)42-36-21-9-6-18-31(36)32-19-7-10-22-37(32)42/h1-26H. The number of thiophene rings is 1. The first kappa shape index (κ1) is 24.2. The third-order valence-electron chi connectivity index (χ3n) is 8.54. The lowest BCUT2D eigenvalue weighted by atomic mass is 10.0. The maximum atomic E-state index is 2.46. The zero-order valence-corrected chi connectivity index (χ0v) is 24.1. The van der Waals surface area contributed by atoms with Crippen molar-refractivity contribution in [3.8, 4) is 5.69 Å². The predicted octanol–water partition coefficient (Wildman–Crippen LogP) is 11.8. The van der Waals surface area contributed by atoms with Gasteiger partial charge in [0.2, 0.25) is 0 Å². The van der Waals surface area contributed by atoms with Crippen molar-refractivity contribution in [3.63, 3.8) is 0 Å². The fourth-order valence-electron chi connectivity index (χ4n) is 6.68. The molecule has 0 radical (unpaired) electrons. The van der Waals surface area contributed by atoms with Crippen molar-refractivity contribution in [1.82, 2.24) is 4.57 Å². The van der Waals surface area contributed by atoms with Crippen LogP contribution in [0, 0.1) is 0 Å². The number of para-hydroxylation sites is 3. The normalized spacial score (nSPS) is 11.7. The number of hydrogen-bond acceptors (Lipinski definition) is 2. The maximum absolute atomic E-state index is 2.46. The summed E-state index contributed by atoms with van der Waals surface area (Å²) in [6.07, 6.45) is 0. The van der Waals surface area contributed by atoms with Gasteiger partial charge in [0.05, 0.1) is 27.1 Å². The molecule has 0 spiro atoms. The lowest BCUT2D eigenvalue weighted by Crippen LogP contribution is -2.11. The molecule has 202 valence electrons. The second kappa shape index (κ2) is 9.59. The van der Waals surface area contributed by atoms with E-state index >= 15 is 0 Å². The first-order chi connectivity index (χ1) is 21.3. The molecule has 0 unspecified atom stereocenters. The molecule has 0 bridgehead atoms. The molecule has 0 saturated carbocycles. The highest BCUT2D eigenvalue weighted by atomic mass is 32.1. The van der Waals surface area contributed by atoms with Crippen molar-refractivity contribution in [2.24, 2.45) is 0 Å². The van der Waals surface area contributed by atoms with Crippen molar-refractivity contribution in [1.29, 1.82) is 0 Å². The van der Waals surface area contributed by atoms with Gasteiger partial charge in [-0.1, -0.05) is 109 Å². The van der Waals surface area contributed by atoms with Gasteiger partial charge in [0, 0.05) is 43.0 Å². The highest BCUT2D eigenvalue weighted by Gasteiger charge is 2.22. The van der Waals surface area contributed by atoms with Crippen molar-refractivity contribution < 1.29 is 0 Å². The molecule has 43 heavy (non-hydrogen) atoms. The SMILES string of the molecule is c1ccc(N(c2cccc3ccccc23)c2cc(-n3c4ccccc4c4ccccc43)cc3c2sc2ccccc23)cc1. The van der Waals surface area contributed by atoms with E-state index in [2.05, 4.69) is 167 Å². The molecule has 0 atom stereocenters. The van der Waals surface area contributed by atoms with Gasteiger partial charge in [-0.2, -0.15) is 0 Å². The molecule has 0 aliphatic rings. The average Bonchev–Trinajstić information content (AvgIpc) is 3.61. The Labute approximate surface area is 253 Å². The Kier molecular flexibility index (Phi) is 5.40. The minimum atomic E-state index is 1.14. The van der Waals surface area contributed by atoms with Gasteiger partial charge in [-0.15, -0.1) is 11.3 Å². The van der Waals surface area contributed by atoms with Gasteiger partial charge in [0.25, 0.3) is 0 Å². The van der Waals surface area contributed by atoms with E-state index in [1.165, 1.54) is 64.1 Å². The van der Waals surface area contributed by atoms with E-state index in [1.807, 2.05) is 11.3 Å². The van der Waals surface area contributed by atoms with Gasteiger partial charge in [-0.05, 0) is 53.9 Å². The highest BCUT2D eigenvalue weighted by Crippen LogP contribution is 2.48. The molecule has 0 amide bonds. The fraction of sp³-hybridized carbons (Fsp3) is 0. The molecule has 2 heterocycles. The van der Waals surface area contributed by atoms with Crippen molar-refractivity contribution >= 4 is 81.1 Å². The van der Waals surface area contributed by atoms with E-state index in [0.29, 0.717) is 0 Å². The van der Waals surface area contributed by atoms with Crippen LogP contribution in [-0.2, 0) is 0 Å². The molecule has 3 heteroatoms. The van der Waals surface area contributed by atoms with Gasteiger partial charge in [0.15, 0.2) is 0 Å². The summed E-state index contributed by atoms with van der Waals surface area (Å²) >= 11 is 1.87. The molecule has 0 aliphatic carbocycles. The third kappa shape index (κ3) is 3.72. The van der Waals surface area contributed by atoms with Crippen LogP contribution in [0.25, 0.3) is 58.4 Å². The fourth-order valence-corrected chi connectivity index (χ4v) is 7.87. The summed E-state index contributed by atoms with van der Waals surface area (Å²) in [4.78, 5) is 2.46. The van der Waals surface area contributed by atoms with Gasteiger partial charge in [-0.25, -0.2) is 0 Å². The van der Waals surface area contributed by atoms with Crippen molar-refractivity contribution in [2.75, 3.05) is 4.90 Å². The Hall–Kier alpha value is -5.38. The molecule has 2 aromatic heterocycles. The minimum absolute atomic E-state index is 1.14. The van der Waals surface area contributed by atoms with Crippen LogP contribution < -0.4 is 4.90 Å². The molecular formula is C40H26N2S. The van der Waals surface area contributed by atoms with E-state index in [4.69, 9.17) is 0 Å². The van der Waals surface area contributed by atoms with Crippen LogP contribution in [0.3, 0.4) is 0 Å². The van der Waals surface area contributed by atoms with Crippen LogP contribution in [0.15, 0.2) is 158 Å². The molecule has 2 nitrogen and oxygen atoms in total. The molecule has 0 fully saturated rings. The maximum Gasteiger partial charge on any atom is 0.0661 e. The lowest BCUT2D eigenvalue weighted by Gasteiger charge is -2.28. The van der Waals surface area contributed by atoms with Crippen LogP contribution in [0.2, 0.25) is 0 Å². The minimum Gasteiger partial charge on any atom is -0.309 e. The van der Waals surface area contributed by atoms with Crippen LogP contribution in [0.4, 0.5) is 17.1 Å². The van der Waals surface area contributed by atoms with E-state index < -0.39 is 0 Å². The van der Waals surface area contributed by atoms with E-state index in [9.17, 15) is 0 Å². The van der Waals surface area contributed by atoms with E-state index in [1.54, 1.807) is 0 Å². The van der Waals surface area contributed by atoms with Crippen LogP contribution in [-0.4, -0.2) is 4.57 Å². The quantitative estimate of drug-likeness (QED) is 0.206. The number of fused-ring (bicyclic) bond motifs is 7. The van der Waals surface area contributed by atoms with E-state index in [0.717, 1.165) is 11.4 Å². The van der Waals surface area contributed by atoms with Gasteiger partial charge < -0.3 is 9.47 Å². The van der Waals surface area contributed by atoms with Crippen molar-refractivity contribution in [2.45, 2.75) is 0 Å². The predicted molar refractivity (Wildman–Crippen MR) is 186 cm³/mol. The second-order valence-electron chi connectivity index (χ2n) is 11.0. The Morgan fingerprint density at radius 2 is 1.05 bits per heavy atom. The summed E-state index contributed by atoms with van der Waals surface area (Å²) in [7, 11) is 0. The summed E-state index contributed by atoms with van der Waals surface area (Å²) in [6.45, 7) is 0. The number of aromatic nitrogens is 1. The number of anilines is 3. The number of rotatable bonds is 4. The third-order valence-corrected chi connectivity index (χ3v) is 9.75. The molecule has 0 aliphatic heterocycles. The number of hydrogen-bond donors (Lipinski definition) is 0. The van der Waals surface area contributed by atoms with Crippen LogP contribution in [0.5, 0.6) is 0 Å². The Balaban J connectivity index is 1.44. The summed E-state index contributed by atoms with van der Waals surface area (Å²) in [5.74, 6) is 0. The molecule has 0 saturated heterocycles. The zero-order chi connectivity index (χ0) is 28.3. The van der Waals surface area contributed by atoms with Crippen LogP contribution >= 0.6 is 11.3 Å². The molecular weight excluding hydrogens is 541 g/mol. The largest absolute Gasteiger partial charge is 0.309 e. The Bertz CT molecular complexity index is 2410. The smallest absolute Gasteiger partial charge is 0.0661 e. The van der Waals surface area contributed by atoms with Gasteiger partial charge in [0.1, 0.15) is 0 Å². The first-order valence-electron chi connectivity index (χ1n) is 14.6. The Morgan fingerprint density at radius 1 is 0.442 bits per heavy atom. The van der Waals surface area contributed by atoms with E-state index in [-0.39, 0.29) is 0 Å². The second-order valence-corrected chi connectivity index (χ2v) is 12.0. The summed E-state index contributed by atoms with van der Waals surface area (Å²) in [6, 6.07) is 57.2. The van der Waals surface area contributed by atoms with Crippen molar-refractivity contribution in [3.05, 3.63) is 158 Å². The summed E-state index contributed by atoms with van der Waals surface area (Å²) < 4.78 is 5.01. The van der Waals surface area contributed by atoms with Gasteiger partial charge in [-0.3, -0.25) is 0 Å². The summed E-state index contributed by atoms with van der Waals surface area (Å²) in [5.41, 5.74) is 7.07. The highest BCUT2D eigenvalue weighted by molar-refractivity contribution is 7.26. The first-order valence-corrected chi connectivity index (χ1v) is 15.4. The molecule has 7 aromatic carbocycles. The lowest BCUT2D eigenvalue weighted by molar-refractivity contribution is 1.18. The Morgan fingerprint density at radius 3 is 1.81 bits per heavy atom. The molecule has 9 aromatic rings. The molecule has 9 rings (SSSR count). The number of benzene rings is 7. The van der Waals surface area contributed by atoms with Gasteiger partial charge >= 0.3 is 0 Å². The topological polar surface area (TPSA) is 8.17 Å². The monoisotopic (exact) mass is 566 g/mol. The van der Waals surface area contributed by atoms with Crippen LogP contribution in [0.1, 0.15) is 0 Å². The summed E-state index contributed by atoms with van der Waals surface area (Å²) in [5, 5.41) is 7.55. The zero-order valence-electron chi connectivity index (χ0n) is 23.3. The average molecular weight is 567 g/mol.